The molecule has 0 amide bonds. The highest BCUT2D eigenvalue weighted by Gasteiger charge is 2.20. The highest BCUT2D eigenvalue weighted by atomic mass is 35.5. The van der Waals surface area contributed by atoms with Crippen LogP contribution in [0.4, 0.5) is 4.39 Å². The maximum Gasteiger partial charge on any atom is 0.146 e. The summed E-state index contributed by atoms with van der Waals surface area (Å²) in [4.78, 5) is 2.18. The molecule has 2 rings (SSSR count). The second-order valence-electron chi connectivity index (χ2n) is 4.27. The molecular weight excluding hydrogens is 227 g/mol. The van der Waals surface area contributed by atoms with Gasteiger partial charge in [0, 0.05) is 24.7 Å². The summed E-state index contributed by atoms with van der Waals surface area (Å²) in [6.45, 7) is 2.64. The van der Waals surface area contributed by atoms with Gasteiger partial charge in [-0.25, -0.2) is 4.39 Å². The van der Waals surface area contributed by atoms with Gasteiger partial charge < -0.3 is 5.32 Å². The summed E-state index contributed by atoms with van der Waals surface area (Å²) in [7, 11) is 2.03. The molecule has 1 N–H and O–H groups in total. The van der Waals surface area contributed by atoms with Crippen molar-refractivity contribution < 1.29 is 4.39 Å². The first-order chi connectivity index (χ1) is 7.68. The van der Waals surface area contributed by atoms with Crippen LogP contribution in [0.3, 0.4) is 0 Å². The Morgan fingerprint density at radius 1 is 1.56 bits per heavy atom. The molecule has 1 unspecified atom stereocenters. The van der Waals surface area contributed by atoms with Crippen molar-refractivity contribution in [1.29, 1.82) is 0 Å². The maximum absolute atomic E-state index is 13.7. The summed E-state index contributed by atoms with van der Waals surface area (Å²) in [5, 5.41) is 3.51. The van der Waals surface area contributed by atoms with Crippen LogP contribution in [-0.4, -0.2) is 31.1 Å². The molecule has 1 aliphatic rings. The van der Waals surface area contributed by atoms with Gasteiger partial charge in [-0.1, -0.05) is 23.7 Å². The molecule has 1 aromatic carbocycles. The molecule has 2 nitrogen and oxygen atoms in total. The predicted molar refractivity (Wildman–Crippen MR) is 64.2 cm³/mol. The summed E-state index contributed by atoms with van der Waals surface area (Å²) < 4.78 is 13.7. The van der Waals surface area contributed by atoms with Crippen molar-refractivity contribution in [2.24, 2.45) is 0 Å². The number of benzene rings is 1. The number of halogens is 2. The zero-order valence-electron chi connectivity index (χ0n) is 9.34. The van der Waals surface area contributed by atoms with Gasteiger partial charge in [-0.05, 0) is 26.1 Å². The highest BCUT2D eigenvalue weighted by molar-refractivity contribution is 6.30. The molecule has 1 aliphatic heterocycles. The molecule has 1 atom stereocenters. The van der Waals surface area contributed by atoms with Crippen LogP contribution in [-0.2, 0) is 6.54 Å². The maximum atomic E-state index is 13.7. The van der Waals surface area contributed by atoms with Crippen LogP contribution in [0.15, 0.2) is 18.2 Å². The fraction of sp³-hybridized carbons (Fsp3) is 0.500. The van der Waals surface area contributed by atoms with Crippen LogP contribution in [0, 0.1) is 5.82 Å². The van der Waals surface area contributed by atoms with Crippen molar-refractivity contribution in [2.75, 3.05) is 20.1 Å². The van der Waals surface area contributed by atoms with Gasteiger partial charge in [0.1, 0.15) is 5.82 Å². The Morgan fingerprint density at radius 2 is 2.38 bits per heavy atom. The minimum absolute atomic E-state index is 0.204. The van der Waals surface area contributed by atoms with Crippen molar-refractivity contribution >= 4 is 11.6 Å². The Morgan fingerprint density at radius 3 is 3.06 bits per heavy atom. The molecule has 1 heterocycles. The smallest absolute Gasteiger partial charge is 0.146 e. The lowest BCUT2D eigenvalue weighted by atomic mass is 10.1. The molecule has 1 fully saturated rings. The number of hydrogen-bond donors (Lipinski definition) is 1. The molecule has 0 aliphatic carbocycles. The molecule has 0 radical (unpaired) electrons. The molecule has 0 aromatic heterocycles. The van der Waals surface area contributed by atoms with Crippen LogP contribution in [0.1, 0.15) is 12.0 Å². The number of likely N-dealkylation sites (N-methyl/N-ethyl adjacent to an activating group) is 1. The van der Waals surface area contributed by atoms with E-state index in [1.807, 2.05) is 7.05 Å². The van der Waals surface area contributed by atoms with Gasteiger partial charge in [0.05, 0.1) is 5.02 Å². The minimum Gasteiger partial charge on any atom is -0.315 e. The van der Waals surface area contributed by atoms with Crippen LogP contribution in [0.2, 0.25) is 5.02 Å². The van der Waals surface area contributed by atoms with Gasteiger partial charge in [-0.15, -0.1) is 0 Å². The van der Waals surface area contributed by atoms with Crippen molar-refractivity contribution in [3.8, 4) is 0 Å². The van der Waals surface area contributed by atoms with Crippen LogP contribution in [0.25, 0.3) is 0 Å². The summed E-state index contributed by atoms with van der Waals surface area (Å²) in [6, 6.07) is 5.66. The van der Waals surface area contributed by atoms with Gasteiger partial charge in [-0.3, -0.25) is 4.90 Å². The van der Waals surface area contributed by atoms with Gasteiger partial charge in [0.25, 0.3) is 0 Å². The third-order valence-corrected chi connectivity index (χ3v) is 3.40. The Hall–Kier alpha value is -0.640. The number of hydrogen-bond acceptors (Lipinski definition) is 2. The van der Waals surface area contributed by atoms with E-state index in [-0.39, 0.29) is 10.8 Å². The quantitative estimate of drug-likeness (QED) is 0.875. The fourth-order valence-electron chi connectivity index (χ4n) is 2.08. The third kappa shape index (κ3) is 2.54. The minimum atomic E-state index is -0.290. The third-order valence-electron chi connectivity index (χ3n) is 3.11. The second kappa shape index (κ2) is 5.13. The van der Waals surface area contributed by atoms with E-state index in [0.717, 1.165) is 19.5 Å². The zero-order valence-corrected chi connectivity index (χ0v) is 10.1. The first kappa shape index (κ1) is 11.8. The van der Waals surface area contributed by atoms with Crippen molar-refractivity contribution in [3.63, 3.8) is 0 Å². The average molecular weight is 243 g/mol. The lowest BCUT2D eigenvalue weighted by Crippen LogP contribution is -2.33. The largest absolute Gasteiger partial charge is 0.315 e. The highest BCUT2D eigenvalue weighted by Crippen LogP contribution is 2.20. The number of nitrogens with one attached hydrogen (secondary N) is 1. The standard InChI is InChI=1S/C12H16ClFN2/c1-16(10-5-6-15-7-10)8-9-3-2-4-11(13)12(9)14/h2-4,10,15H,5-8H2,1H3. The van der Waals surface area contributed by atoms with E-state index in [0.29, 0.717) is 18.2 Å². The Labute approximate surface area is 100 Å². The van der Waals surface area contributed by atoms with Crippen molar-refractivity contribution in [3.05, 3.63) is 34.6 Å². The van der Waals surface area contributed by atoms with Crippen LogP contribution >= 0.6 is 11.6 Å². The molecule has 0 bridgehead atoms. The molecule has 4 heteroatoms. The zero-order chi connectivity index (χ0) is 11.5. The van der Waals surface area contributed by atoms with E-state index in [2.05, 4.69) is 10.2 Å². The Balaban J connectivity index is 2.05. The first-order valence-corrected chi connectivity index (χ1v) is 5.90. The topological polar surface area (TPSA) is 15.3 Å². The van der Waals surface area contributed by atoms with E-state index in [1.165, 1.54) is 0 Å². The summed E-state index contributed by atoms with van der Waals surface area (Å²) >= 11 is 5.75. The molecule has 1 aromatic rings. The van der Waals surface area contributed by atoms with E-state index in [4.69, 9.17) is 11.6 Å². The van der Waals surface area contributed by atoms with Crippen LogP contribution in [0.5, 0.6) is 0 Å². The van der Waals surface area contributed by atoms with Crippen LogP contribution < -0.4 is 5.32 Å². The van der Waals surface area contributed by atoms with Gasteiger partial charge in [0.2, 0.25) is 0 Å². The Kier molecular flexibility index (Phi) is 3.79. The van der Waals surface area contributed by atoms with Gasteiger partial charge in [0.15, 0.2) is 0 Å². The second-order valence-corrected chi connectivity index (χ2v) is 4.68. The fourth-order valence-corrected chi connectivity index (χ4v) is 2.28. The summed E-state index contributed by atoms with van der Waals surface area (Å²) in [5.41, 5.74) is 0.668. The summed E-state index contributed by atoms with van der Waals surface area (Å²) in [6.07, 6.45) is 1.12. The molecule has 0 saturated carbocycles. The molecule has 88 valence electrons. The molecule has 1 saturated heterocycles. The monoisotopic (exact) mass is 242 g/mol. The Bertz CT molecular complexity index is 364. The SMILES string of the molecule is CN(Cc1cccc(Cl)c1F)C1CCNC1. The normalized spacial score (nSPS) is 20.6. The molecular formula is C12H16ClFN2. The first-order valence-electron chi connectivity index (χ1n) is 5.52. The molecule has 0 spiro atoms. The average Bonchev–Trinajstić information content (AvgIpc) is 2.78. The number of nitrogens with zero attached hydrogens (tertiary/aromatic N) is 1. The summed E-state index contributed by atoms with van der Waals surface area (Å²) in [5.74, 6) is -0.290. The van der Waals surface area contributed by atoms with Gasteiger partial charge in [-0.2, -0.15) is 0 Å². The lowest BCUT2D eigenvalue weighted by molar-refractivity contribution is 0.245. The lowest BCUT2D eigenvalue weighted by Gasteiger charge is -2.23. The molecule has 16 heavy (non-hydrogen) atoms. The van der Waals surface area contributed by atoms with E-state index in [9.17, 15) is 4.39 Å². The predicted octanol–water partition coefficient (Wildman–Crippen LogP) is 2.27. The number of rotatable bonds is 3. The van der Waals surface area contributed by atoms with E-state index < -0.39 is 0 Å². The van der Waals surface area contributed by atoms with E-state index in [1.54, 1.807) is 18.2 Å². The van der Waals surface area contributed by atoms with Gasteiger partial charge >= 0.3 is 0 Å². The van der Waals surface area contributed by atoms with Crippen molar-refractivity contribution in [2.45, 2.75) is 19.0 Å². The van der Waals surface area contributed by atoms with Crippen molar-refractivity contribution in [1.82, 2.24) is 10.2 Å². The van der Waals surface area contributed by atoms with E-state index >= 15 is 0 Å².